The Balaban J connectivity index is 1.80. The number of aromatic amines is 1. The van der Waals surface area contributed by atoms with E-state index in [9.17, 15) is 17.6 Å². The maximum absolute atomic E-state index is 13.4. The van der Waals surface area contributed by atoms with Crippen LogP contribution in [0.15, 0.2) is 30.5 Å². The maximum atomic E-state index is 13.4. The zero-order valence-electron chi connectivity index (χ0n) is 13.1. The standard InChI is InChI=1S/C15H17FN4O3S/c1-24(22,23)20(13-4-2-3-12(16)7-13)10-15(21)19-6-5-14-11(9-19)8-17-18-14/h2-4,7-8H,5-6,9-10H2,1H3,(H,17,18). The van der Waals surface area contributed by atoms with Crippen LogP contribution >= 0.6 is 0 Å². The molecule has 2 aromatic rings. The highest BCUT2D eigenvalue weighted by Crippen LogP contribution is 2.20. The van der Waals surface area contributed by atoms with Crippen LogP contribution in [-0.2, 0) is 27.8 Å². The lowest BCUT2D eigenvalue weighted by atomic mass is 10.1. The van der Waals surface area contributed by atoms with Gasteiger partial charge in [0.25, 0.3) is 0 Å². The lowest BCUT2D eigenvalue weighted by Crippen LogP contribution is -2.44. The SMILES string of the molecule is CS(=O)(=O)N(CC(=O)N1CCc2[nH]ncc2C1)c1cccc(F)c1. The fraction of sp³-hybridized carbons (Fsp3) is 0.333. The Morgan fingerprint density at radius 3 is 2.96 bits per heavy atom. The van der Waals surface area contributed by atoms with E-state index in [1.807, 2.05) is 0 Å². The van der Waals surface area contributed by atoms with Gasteiger partial charge in [-0.25, -0.2) is 12.8 Å². The van der Waals surface area contributed by atoms with Crippen LogP contribution in [0.1, 0.15) is 11.3 Å². The number of carbonyl (C=O) groups is 1. The minimum atomic E-state index is -3.72. The van der Waals surface area contributed by atoms with Crippen LogP contribution in [0, 0.1) is 5.82 Å². The zero-order chi connectivity index (χ0) is 17.3. The molecule has 0 unspecified atom stereocenters. The Bertz CT molecular complexity index is 865. The van der Waals surface area contributed by atoms with Gasteiger partial charge >= 0.3 is 0 Å². The lowest BCUT2D eigenvalue weighted by molar-refractivity contribution is -0.130. The monoisotopic (exact) mass is 352 g/mol. The summed E-state index contributed by atoms with van der Waals surface area (Å²) in [6, 6.07) is 5.18. The molecule has 9 heteroatoms. The summed E-state index contributed by atoms with van der Waals surface area (Å²) in [5.74, 6) is -0.897. The Kier molecular flexibility index (Phi) is 4.27. The number of nitrogens with zero attached hydrogens (tertiary/aromatic N) is 3. The Labute approximate surface area is 139 Å². The molecule has 1 aliphatic rings. The number of amides is 1. The van der Waals surface area contributed by atoms with Crippen LogP contribution in [0.2, 0.25) is 0 Å². The summed E-state index contributed by atoms with van der Waals surface area (Å²) < 4.78 is 38.4. The first-order valence-electron chi connectivity index (χ1n) is 7.37. The molecule has 1 amide bonds. The molecular weight excluding hydrogens is 335 g/mol. The van der Waals surface area contributed by atoms with Crippen molar-refractivity contribution in [3.8, 4) is 0 Å². The summed E-state index contributed by atoms with van der Waals surface area (Å²) in [5.41, 5.74) is 2.04. The second-order valence-corrected chi connectivity index (χ2v) is 7.60. The van der Waals surface area contributed by atoms with Crippen molar-refractivity contribution in [2.75, 3.05) is 23.7 Å². The van der Waals surface area contributed by atoms with Crippen LogP contribution in [0.4, 0.5) is 10.1 Å². The number of nitrogens with one attached hydrogen (secondary N) is 1. The number of sulfonamides is 1. The van der Waals surface area contributed by atoms with Gasteiger partial charge in [-0.05, 0) is 18.2 Å². The molecule has 0 fully saturated rings. The van der Waals surface area contributed by atoms with Gasteiger partial charge in [0, 0.05) is 30.8 Å². The van der Waals surface area contributed by atoms with E-state index >= 15 is 0 Å². The number of fused-ring (bicyclic) bond motifs is 1. The predicted molar refractivity (Wildman–Crippen MR) is 86.3 cm³/mol. The van der Waals surface area contributed by atoms with E-state index in [1.165, 1.54) is 18.2 Å². The van der Waals surface area contributed by atoms with E-state index in [4.69, 9.17) is 0 Å². The molecule has 128 valence electrons. The molecule has 0 saturated carbocycles. The van der Waals surface area contributed by atoms with Gasteiger partial charge in [0.15, 0.2) is 0 Å². The number of halogens is 1. The predicted octanol–water partition coefficient (Wildman–Crippen LogP) is 0.900. The minimum Gasteiger partial charge on any atom is -0.336 e. The van der Waals surface area contributed by atoms with Gasteiger partial charge in [0.1, 0.15) is 12.4 Å². The minimum absolute atomic E-state index is 0.131. The largest absolute Gasteiger partial charge is 0.336 e. The summed E-state index contributed by atoms with van der Waals surface area (Å²) in [4.78, 5) is 14.1. The molecule has 3 rings (SSSR count). The number of anilines is 1. The zero-order valence-corrected chi connectivity index (χ0v) is 13.9. The molecule has 1 N–H and O–H groups in total. The van der Waals surface area contributed by atoms with E-state index in [2.05, 4.69) is 10.2 Å². The Morgan fingerprint density at radius 2 is 2.25 bits per heavy atom. The fourth-order valence-electron chi connectivity index (χ4n) is 2.69. The first-order chi connectivity index (χ1) is 11.3. The van der Waals surface area contributed by atoms with Crippen molar-refractivity contribution >= 4 is 21.6 Å². The summed E-state index contributed by atoms with van der Waals surface area (Å²) in [7, 11) is -3.72. The molecule has 24 heavy (non-hydrogen) atoms. The lowest BCUT2D eigenvalue weighted by Gasteiger charge is -2.29. The van der Waals surface area contributed by atoms with E-state index in [0.29, 0.717) is 19.5 Å². The van der Waals surface area contributed by atoms with Gasteiger partial charge in [-0.15, -0.1) is 0 Å². The van der Waals surface area contributed by atoms with Crippen LogP contribution in [0.3, 0.4) is 0 Å². The summed E-state index contributed by atoms with van der Waals surface area (Å²) in [6.45, 7) is 0.496. The molecule has 7 nitrogen and oxygen atoms in total. The van der Waals surface area contributed by atoms with Gasteiger partial charge in [-0.3, -0.25) is 14.2 Å². The number of hydrogen-bond acceptors (Lipinski definition) is 4. The van der Waals surface area contributed by atoms with Crippen molar-refractivity contribution in [1.82, 2.24) is 15.1 Å². The normalized spacial score (nSPS) is 14.3. The van der Waals surface area contributed by atoms with Crippen molar-refractivity contribution in [1.29, 1.82) is 0 Å². The number of benzene rings is 1. The highest BCUT2D eigenvalue weighted by atomic mass is 32.2. The van der Waals surface area contributed by atoms with Crippen molar-refractivity contribution < 1.29 is 17.6 Å². The average molecular weight is 352 g/mol. The molecule has 0 aliphatic carbocycles. The number of carbonyl (C=O) groups excluding carboxylic acids is 1. The molecule has 1 aromatic carbocycles. The van der Waals surface area contributed by atoms with Gasteiger partial charge < -0.3 is 4.90 Å². The van der Waals surface area contributed by atoms with Crippen molar-refractivity contribution in [2.45, 2.75) is 13.0 Å². The molecular formula is C15H17FN4O3S. The molecule has 0 radical (unpaired) electrons. The van der Waals surface area contributed by atoms with Crippen molar-refractivity contribution in [2.24, 2.45) is 0 Å². The topological polar surface area (TPSA) is 86.4 Å². The van der Waals surface area contributed by atoms with Crippen LogP contribution in [0.25, 0.3) is 0 Å². The van der Waals surface area contributed by atoms with Crippen molar-refractivity contribution in [3.05, 3.63) is 47.5 Å². The van der Waals surface area contributed by atoms with E-state index in [1.54, 1.807) is 11.1 Å². The molecule has 0 saturated heterocycles. The quantitative estimate of drug-likeness (QED) is 0.886. The number of hydrogen-bond donors (Lipinski definition) is 1. The van der Waals surface area contributed by atoms with Crippen LogP contribution < -0.4 is 4.31 Å². The Morgan fingerprint density at radius 1 is 1.46 bits per heavy atom. The number of aromatic nitrogens is 2. The molecule has 0 bridgehead atoms. The van der Waals surface area contributed by atoms with Gasteiger partial charge in [0.2, 0.25) is 15.9 Å². The summed E-state index contributed by atoms with van der Waals surface area (Å²) >= 11 is 0. The molecule has 0 atom stereocenters. The second kappa shape index (κ2) is 6.23. The third-order valence-corrected chi connectivity index (χ3v) is 5.07. The van der Waals surface area contributed by atoms with Crippen LogP contribution in [-0.4, -0.2) is 48.8 Å². The van der Waals surface area contributed by atoms with Gasteiger partial charge in [-0.1, -0.05) is 6.07 Å². The molecule has 1 aliphatic heterocycles. The van der Waals surface area contributed by atoms with Gasteiger partial charge in [-0.2, -0.15) is 5.10 Å². The number of H-pyrrole nitrogens is 1. The first-order valence-corrected chi connectivity index (χ1v) is 9.21. The molecule has 1 aromatic heterocycles. The maximum Gasteiger partial charge on any atom is 0.243 e. The first kappa shape index (κ1) is 16.4. The van der Waals surface area contributed by atoms with E-state index in [-0.39, 0.29) is 18.1 Å². The summed E-state index contributed by atoms with van der Waals surface area (Å²) in [5, 5.41) is 6.82. The second-order valence-electron chi connectivity index (χ2n) is 5.69. The summed E-state index contributed by atoms with van der Waals surface area (Å²) in [6.07, 6.45) is 3.30. The highest BCUT2D eigenvalue weighted by Gasteiger charge is 2.27. The van der Waals surface area contributed by atoms with Crippen molar-refractivity contribution in [3.63, 3.8) is 0 Å². The number of rotatable bonds is 4. The van der Waals surface area contributed by atoms with E-state index in [0.717, 1.165) is 27.9 Å². The molecule has 0 spiro atoms. The van der Waals surface area contributed by atoms with E-state index < -0.39 is 15.8 Å². The fourth-order valence-corrected chi connectivity index (χ4v) is 3.53. The molecule has 2 heterocycles. The highest BCUT2D eigenvalue weighted by molar-refractivity contribution is 7.92. The Hall–Kier alpha value is -2.42. The van der Waals surface area contributed by atoms with Crippen LogP contribution in [0.5, 0.6) is 0 Å². The average Bonchev–Trinajstić information content (AvgIpc) is 2.98. The smallest absolute Gasteiger partial charge is 0.243 e. The van der Waals surface area contributed by atoms with Gasteiger partial charge in [0.05, 0.1) is 18.1 Å². The third kappa shape index (κ3) is 3.40. The third-order valence-electron chi connectivity index (χ3n) is 3.93.